The largest absolute Gasteiger partial charge is 0.382 e. The monoisotopic (exact) mass is 272 g/mol. The van der Waals surface area contributed by atoms with Crippen molar-refractivity contribution in [2.45, 2.75) is 13.0 Å². The second-order valence-corrected chi connectivity index (χ2v) is 5.54. The Morgan fingerprint density at radius 1 is 1.05 bits per heavy atom. The summed E-state index contributed by atoms with van der Waals surface area (Å²) in [6.45, 7) is 10.5. The van der Waals surface area contributed by atoms with Crippen LogP contribution in [0.5, 0.6) is 0 Å². The first-order valence-electron chi connectivity index (χ1n) is 7.42. The molecule has 0 aromatic rings. The molecule has 2 aliphatic heterocycles. The van der Waals surface area contributed by atoms with Gasteiger partial charge in [0, 0.05) is 26.2 Å². The molecule has 3 unspecified atom stereocenters. The number of rotatable bonds is 9. The molecule has 5 nitrogen and oxygen atoms in total. The van der Waals surface area contributed by atoms with Crippen LogP contribution in [0.1, 0.15) is 6.92 Å². The molecule has 2 saturated heterocycles. The molecule has 0 amide bonds. The van der Waals surface area contributed by atoms with Crippen LogP contribution in [0.4, 0.5) is 0 Å². The smallest absolute Gasteiger partial charge is 0.0701 e. The molecule has 0 saturated carbocycles. The molecule has 2 heterocycles. The minimum absolute atomic E-state index is 0.652. The maximum absolute atomic E-state index is 5.62. The Morgan fingerprint density at radius 3 is 2.53 bits per heavy atom. The Balaban J connectivity index is 1.48. The normalized spacial score (nSPS) is 30.9. The van der Waals surface area contributed by atoms with E-state index in [-0.39, 0.29) is 0 Å². The lowest BCUT2D eigenvalue weighted by Crippen LogP contribution is -2.35. The summed E-state index contributed by atoms with van der Waals surface area (Å²) >= 11 is 0. The highest BCUT2D eigenvalue weighted by atomic mass is 16.5. The summed E-state index contributed by atoms with van der Waals surface area (Å²) in [5, 5.41) is 3.49. The van der Waals surface area contributed by atoms with Gasteiger partial charge in [-0.1, -0.05) is 0 Å². The Bertz CT molecular complexity index is 253. The number of likely N-dealkylation sites (tertiary alicyclic amines) is 1. The number of nitrogens with one attached hydrogen (secondary N) is 1. The SMILES string of the molecule is COCCOCCOCCN1CC2CNCC2C1C. The quantitative estimate of drug-likeness (QED) is 0.608. The number of hydrogen-bond acceptors (Lipinski definition) is 5. The summed E-state index contributed by atoms with van der Waals surface area (Å²) in [7, 11) is 1.68. The van der Waals surface area contributed by atoms with E-state index >= 15 is 0 Å². The summed E-state index contributed by atoms with van der Waals surface area (Å²) in [5.41, 5.74) is 0. The highest BCUT2D eigenvalue weighted by Crippen LogP contribution is 2.31. The van der Waals surface area contributed by atoms with Crippen molar-refractivity contribution < 1.29 is 14.2 Å². The fourth-order valence-corrected chi connectivity index (χ4v) is 3.20. The average molecular weight is 272 g/mol. The zero-order valence-electron chi connectivity index (χ0n) is 12.3. The van der Waals surface area contributed by atoms with E-state index in [9.17, 15) is 0 Å². The minimum atomic E-state index is 0.652. The predicted octanol–water partition coefficient (Wildman–Crippen LogP) is 0.206. The van der Waals surface area contributed by atoms with Crippen LogP contribution in [0.3, 0.4) is 0 Å². The van der Waals surface area contributed by atoms with Crippen molar-refractivity contribution in [3.05, 3.63) is 0 Å². The molecular weight excluding hydrogens is 244 g/mol. The fourth-order valence-electron chi connectivity index (χ4n) is 3.20. The third-order valence-electron chi connectivity index (χ3n) is 4.38. The molecule has 2 fully saturated rings. The summed E-state index contributed by atoms with van der Waals surface area (Å²) in [6.07, 6.45) is 0. The van der Waals surface area contributed by atoms with Gasteiger partial charge in [0.2, 0.25) is 0 Å². The standard InChI is InChI=1S/C14H28N2O3/c1-12-14-10-15-9-13(14)11-16(12)3-4-18-7-8-19-6-5-17-2/h12-15H,3-11H2,1-2H3. The summed E-state index contributed by atoms with van der Waals surface area (Å²) in [5.74, 6) is 1.70. The Hall–Kier alpha value is -0.200. The van der Waals surface area contributed by atoms with Crippen LogP contribution >= 0.6 is 0 Å². The minimum Gasteiger partial charge on any atom is -0.382 e. The summed E-state index contributed by atoms with van der Waals surface area (Å²) in [6, 6.07) is 0.696. The van der Waals surface area contributed by atoms with Crippen molar-refractivity contribution in [2.75, 3.05) is 66.3 Å². The Morgan fingerprint density at radius 2 is 1.79 bits per heavy atom. The van der Waals surface area contributed by atoms with Gasteiger partial charge >= 0.3 is 0 Å². The van der Waals surface area contributed by atoms with Gasteiger partial charge in [-0.3, -0.25) is 4.90 Å². The summed E-state index contributed by atoms with van der Waals surface area (Å²) < 4.78 is 15.9. The van der Waals surface area contributed by atoms with E-state index in [1.807, 2.05) is 0 Å². The van der Waals surface area contributed by atoms with Gasteiger partial charge in [-0.15, -0.1) is 0 Å². The van der Waals surface area contributed by atoms with Gasteiger partial charge in [0.1, 0.15) is 0 Å². The lowest BCUT2D eigenvalue weighted by Gasteiger charge is -2.23. The molecule has 0 aromatic carbocycles. The molecule has 0 aromatic heterocycles. The van der Waals surface area contributed by atoms with Gasteiger partial charge in [-0.05, 0) is 31.8 Å². The van der Waals surface area contributed by atoms with Crippen molar-refractivity contribution >= 4 is 0 Å². The maximum Gasteiger partial charge on any atom is 0.0701 e. The number of fused-ring (bicyclic) bond motifs is 1. The number of nitrogens with zero attached hydrogens (tertiary/aromatic N) is 1. The van der Waals surface area contributed by atoms with Crippen LogP contribution in [-0.2, 0) is 14.2 Å². The topological polar surface area (TPSA) is 43.0 Å². The molecule has 2 aliphatic rings. The lowest BCUT2D eigenvalue weighted by atomic mass is 9.95. The second-order valence-electron chi connectivity index (χ2n) is 5.54. The van der Waals surface area contributed by atoms with E-state index in [0.29, 0.717) is 32.5 Å². The fraction of sp³-hybridized carbons (Fsp3) is 1.00. The zero-order chi connectivity index (χ0) is 13.5. The van der Waals surface area contributed by atoms with Crippen molar-refractivity contribution in [1.82, 2.24) is 10.2 Å². The molecule has 0 radical (unpaired) electrons. The second kappa shape index (κ2) is 8.17. The maximum atomic E-state index is 5.62. The third kappa shape index (κ3) is 4.39. The van der Waals surface area contributed by atoms with Crippen molar-refractivity contribution in [3.8, 4) is 0 Å². The number of hydrogen-bond donors (Lipinski definition) is 1. The van der Waals surface area contributed by atoms with E-state index < -0.39 is 0 Å². The molecule has 112 valence electrons. The van der Waals surface area contributed by atoms with E-state index in [4.69, 9.17) is 14.2 Å². The molecule has 2 rings (SSSR count). The summed E-state index contributed by atoms with van der Waals surface area (Å²) in [4.78, 5) is 2.57. The van der Waals surface area contributed by atoms with Crippen LogP contribution < -0.4 is 5.32 Å². The number of ether oxygens (including phenoxy) is 3. The Kier molecular flexibility index (Phi) is 6.53. The highest BCUT2D eigenvalue weighted by Gasteiger charge is 2.41. The molecule has 0 aliphatic carbocycles. The van der Waals surface area contributed by atoms with Crippen LogP contribution in [-0.4, -0.2) is 77.3 Å². The van der Waals surface area contributed by atoms with Crippen molar-refractivity contribution in [1.29, 1.82) is 0 Å². The van der Waals surface area contributed by atoms with Gasteiger partial charge in [0.15, 0.2) is 0 Å². The molecule has 0 bridgehead atoms. The molecule has 1 N–H and O–H groups in total. The van der Waals surface area contributed by atoms with Crippen LogP contribution in [0.2, 0.25) is 0 Å². The predicted molar refractivity (Wildman–Crippen MR) is 74.4 cm³/mol. The van der Waals surface area contributed by atoms with Gasteiger partial charge in [-0.25, -0.2) is 0 Å². The van der Waals surface area contributed by atoms with Crippen molar-refractivity contribution in [3.63, 3.8) is 0 Å². The molecule has 19 heavy (non-hydrogen) atoms. The van der Waals surface area contributed by atoms with E-state index in [1.165, 1.54) is 19.6 Å². The Labute approximate surface area is 116 Å². The first-order valence-corrected chi connectivity index (χ1v) is 7.42. The van der Waals surface area contributed by atoms with Gasteiger partial charge in [0.05, 0.1) is 33.0 Å². The lowest BCUT2D eigenvalue weighted by molar-refractivity contribution is 0.0185. The van der Waals surface area contributed by atoms with E-state index in [2.05, 4.69) is 17.1 Å². The van der Waals surface area contributed by atoms with Gasteiger partial charge in [0.25, 0.3) is 0 Å². The van der Waals surface area contributed by atoms with Crippen LogP contribution in [0.15, 0.2) is 0 Å². The molecule has 5 heteroatoms. The molecule has 0 spiro atoms. The van der Waals surface area contributed by atoms with Gasteiger partial charge in [-0.2, -0.15) is 0 Å². The van der Waals surface area contributed by atoms with E-state index in [0.717, 1.165) is 25.0 Å². The van der Waals surface area contributed by atoms with Crippen LogP contribution in [0.25, 0.3) is 0 Å². The highest BCUT2D eigenvalue weighted by molar-refractivity contribution is 4.96. The zero-order valence-corrected chi connectivity index (χ0v) is 12.3. The average Bonchev–Trinajstić information content (AvgIpc) is 2.97. The van der Waals surface area contributed by atoms with Crippen molar-refractivity contribution in [2.24, 2.45) is 11.8 Å². The first kappa shape index (κ1) is 15.2. The van der Waals surface area contributed by atoms with Crippen LogP contribution in [0, 0.1) is 11.8 Å². The first-order chi connectivity index (χ1) is 9.33. The van der Waals surface area contributed by atoms with Gasteiger partial charge < -0.3 is 19.5 Å². The van der Waals surface area contributed by atoms with E-state index in [1.54, 1.807) is 7.11 Å². The molecular formula is C14H28N2O3. The number of methoxy groups -OCH3 is 1. The third-order valence-corrected chi connectivity index (χ3v) is 4.38. The molecule has 3 atom stereocenters.